The van der Waals surface area contributed by atoms with Crippen LogP contribution in [0.3, 0.4) is 0 Å². The average molecular weight is 192 g/mol. The van der Waals surface area contributed by atoms with Crippen LogP contribution < -0.4 is 0 Å². The van der Waals surface area contributed by atoms with E-state index in [2.05, 4.69) is 0 Å². The Morgan fingerprint density at radius 2 is 1.75 bits per heavy atom. The van der Waals surface area contributed by atoms with Crippen LogP contribution in [0.2, 0.25) is 0 Å². The minimum Gasteiger partial charge on any atom is -0.244 e. The molecular weight excluding hydrogens is 188 g/mol. The number of alkyl halides is 3. The SMILES string of the molecule is ClC(Cl)(Cl)SN1CC1. The smallest absolute Gasteiger partial charge is 0.244 e. The second kappa shape index (κ2) is 2.43. The number of halogens is 3. The van der Waals surface area contributed by atoms with Gasteiger partial charge in [-0.2, -0.15) is 0 Å². The maximum Gasteiger partial charge on any atom is 0.251 e. The van der Waals surface area contributed by atoms with E-state index in [0.29, 0.717) is 0 Å². The van der Waals surface area contributed by atoms with E-state index in [4.69, 9.17) is 34.8 Å². The molecule has 0 amide bonds. The summed E-state index contributed by atoms with van der Waals surface area (Å²) in [6.45, 7) is 2.08. The minimum absolute atomic E-state index is 1.04. The van der Waals surface area contributed by atoms with Gasteiger partial charge in [0.2, 0.25) is 0 Å². The molecule has 0 unspecified atom stereocenters. The van der Waals surface area contributed by atoms with Crippen molar-refractivity contribution in [1.29, 1.82) is 0 Å². The third kappa shape index (κ3) is 3.25. The van der Waals surface area contributed by atoms with Gasteiger partial charge in [0.25, 0.3) is 3.12 Å². The van der Waals surface area contributed by atoms with Crippen LogP contribution in [-0.4, -0.2) is 20.5 Å². The van der Waals surface area contributed by atoms with Gasteiger partial charge in [-0.15, -0.1) is 0 Å². The molecule has 1 fully saturated rings. The lowest BCUT2D eigenvalue weighted by Gasteiger charge is -2.07. The monoisotopic (exact) mass is 191 g/mol. The topological polar surface area (TPSA) is 3.01 Å². The van der Waals surface area contributed by atoms with E-state index >= 15 is 0 Å². The molecule has 1 aliphatic heterocycles. The Balaban J connectivity index is 2.16. The van der Waals surface area contributed by atoms with E-state index in [1.165, 1.54) is 11.9 Å². The summed E-state index contributed by atoms with van der Waals surface area (Å²) in [5.41, 5.74) is 0. The van der Waals surface area contributed by atoms with Crippen LogP contribution in [0, 0.1) is 0 Å². The first-order valence-electron chi connectivity index (χ1n) is 2.09. The van der Waals surface area contributed by atoms with Gasteiger partial charge in [-0.25, -0.2) is 4.31 Å². The van der Waals surface area contributed by atoms with Crippen LogP contribution in [-0.2, 0) is 0 Å². The molecule has 0 aromatic carbocycles. The molecular formula is C3H4Cl3NS. The standard InChI is InChI=1S/C3H4Cl3NS/c4-3(5,6)8-7-1-2-7/h1-2H2. The van der Waals surface area contributed by atoms with E-state index in [1.54, 1.807) is 0 Å². The largest absolute Gasteiger partial charge is 0.251 e. The Bertz CT molecular complexity index is 87.0. The van der Waals surface area contributed by atoms with Crippen LogP contribution >= 0.6 is 46.8 Å². The third-order valence-electron chi connectivity index (χ3n) is 0.639. The minimum atomic E-state index is -1.16. The van der Waals surface area contributed by atoms with Gasteiger partial charge in [0, 0.05) is 13.1 Å². The second-order valence-electron chi connectivity index (χ2n) is 1.47. The molecule has 0 N–H and O–H groups in total. The summed E-state index contributed by atoms with van der Waals surface area (Å²) in [5.74, 6) is 0. The fraction of sp³-hybridized carbons (Fsp3) is 1.00. The van der Waals surface area contributed by atoms with Crippen molar-refractivity contribution >= 4 is 46.8 Å². The number of hydrogen-bond donors (Lipinski definition) is 0. The Morgan fingerprint density at radius 3 is 1.88 bits per heavy atom. The fourth-order valence-corrected chi connectivity index (χ4v) is 1.71. The molecule has 1 nitrogen and oxygen atoms in total. The molecule has 1 rings (SSSR count). The van der Waals surface area contributed by atoms with Crippen LogP contribution in [0.5, 0.6) is 0 Å². The number of hydrogen-bond acceptors (Lipinski definition) is 2. The molecule has 0 spiro atoms. The van der Waals surface area contributed by atoms with Gasteiger partial charge in [-0.3, -0.25) is 0 Å². The van der Waals surface area contributed by atoms with Crippen LogP contribution in [0.25, 0.3) is 0 Å². The van der Waals surface area contributed by atoms with Gasteiger partial charge in [0.1, 0.15) is 0 Å². The maximum absolute atomic E-state index is 5.42. The van der Waals surface area contributed by atoms with Crippen molar-refractivity contribution in [2.45, 2.75) is 3.12 Å². The Hall–Kier alpha value is 1.18. The summed E-state index contributed by atoms with van der Waals surface area (Å²) in [6, 6.07) is 0. The lowest BCUT2D eigenvalue weighted by atomic mass is 11.0. The fourth-order valence-electron chi connectivity index (χ4n) is 0.278. The van der Waals surface area contributed by atoms with Crippen molar-refractivity contribution in [3.05, 3.63) is 0 Å². The first-order valence-corrected chi connectivity index (χ1v) is 3.99. The summed E-state index contributed by atoms with van der Waals surface area (Å²) >= 11 is 17.5. The molecule has 0 saturated carbocycles. The van der Waals surface area contributed by atoms with Gasteiger partial charge in [0.05, 0.1) is 0 Å². The molecule has 8 heavy (non-hydrogen) atoms. The average Bonchev–Trinajstić information content (AvgIpc) is 2.12. The first-order chi connectivity index (χ1) is 3.58. The molecule has 0 aliphatic carbocycles. The predicted molar refractivity (Wildman–Crippen MR) is 39.5 cm³/mol. The van der Waals surface area contributed by atoms with Crippen LogP contribution in [0.4, 0.5) is 0 Å². The van der Waals surface area contributed by atoms with E-state index in [0.717, 1.165) is 13.1 Å². The van der Waals surface area contributed by atoms with E-state index < -0.39 is 3.12 Å². The number of rotatable bonds is 1. The molecule has 0 radical (unpaired) electrons. The highest BCUT2D eigenvalue weighted by molar-refractivity contribution is 8.02. The van der Waals surface area contributed by atoms with Crippen molar-refractivity contribution in [2.24, 2.45) is 0 Å². The normalized spacial score (nSPS) is 21.4. The van der Waals surface area contributed by atoms with E-state index in [-0.39, 0.29) is 0 Å². The zero-order valence-electron chi connectivity index (χ0n) is 3.90. The summed E-state index contributed by atoms with van der Waals surface area (Å²) in [5, 5.41) is 0. The molecule has 0 aromatic rings. The lowest BCUT2D eigenvalue weighted by Crippen LogP contribution is -1.97. The van der Waals surface area contributed by atoms with Gasteiger partial charge in [0.15, 0.2) is 0 Å². The third-order valence-corrected chi connectivity index (χ3v) is 2.09. The first kappa shape index (κ1) is 7.29. The van der Waals surface area contributed by atoms with Gasteiger partial charge in [-0.1, -0.05) is 34.8 Å². The van der Waals surface area contributed by atoms with Gasteiger partial charge < -0.3 is 0 Å². The quantitative estimate of drug-likeness (QED) is 0.356. The molecule has 5 heteroatoms. The van der Waals surface area contributed by atoms with Crippen molar-refractivity contribution in [2.75, 3.05) is 13.1 Å². The van der Waals surface area contributed by atoms with Crippen LogP contribution in [0.1, 0.15) is 0 Å². The highest BCUT2D eigenvalue weighted by Crippen LogP contribution is 2.43. The van der Waals surface area contributed by atoms with Crippen molar-refractivity contribution in [3.8, 4) is 0 Å². The molecule has 1 aliphatic rings. The Kier molecular flexibility index (Phi) is 2.21. The molecule has 0 bridgehead atoms. The van der Waals surface area contributed by atoms with Crippen molar-refractivity contribution in [1.82, 2.24) is 4.31 Å². The number of nitrogens with zero attached hydrogens (tertiary/aromatic N) is 1. The highest BCUT2D eigenvalue weighted by Gasteiger charge is 2.30. The van der Waals surface area contributed by atoms with E-state index in [1.807, 2.05) is 4.31 Å². The lowest BCUT2D eigenvalue weighted by molar-refractivity contribution is 0.952. The van der Waals surface area contributed by atoms with Gasteiger partial charge in [-0.05, 0) is 11.9 Å². The molecule has 48 valence electrons. The second-order valence-corrected chi connectivity index (χ2v) is 5.73. The summed E-state index contributed by atoms with van der Waals surface area (Å²) in [6.07, 6.45) is 0. The molecule has 1 heterocycles. The van der Waals surface area contributed by atoms with Crippen molar-refractivity contribution < 1.29 is 0 Å². The summed E-state index contributed by atoms with van der Waals surface area (Å²) in [4.78, 5) is 0. The zero-order chi connectivity index (χ0) is 6.20. The predicted octanol–water partition coefficient (Wildman–Crippen LogP) is 2.28. The molecule has 0 atom stereocenters. The maximum atomic E-state index is 5.42. The summed E-state index contributed by atoms with van der Waals surface area (Å²) < 4.78 is 0.823. The van der Waals surface area contributed by atoms with Gasteiger partial charge >= 0.3 is 0 Å². The highest BCUT2D eigenvalue weighted by atomic mass is 35.6. The Labute approximate surface area is 67.4 Å². The van der Waals surface area contributed by atoms with Crippen molar-refractivity contribution in [3.63, 3.8) is 0 Å². The van der Waals surface area contributed by atoms with E-state index in [9.17, 15) is 0 Å². The zero-order valence-corrected chi connectivity index (χ0v) is 6.99. The van der Waals surface area contributed by atoms with Crippen LogP contribution in [0.15, 0.2) is 0 Å². The summed E-state index contributed by atoms with van der Waals surface area (Å²) in [7, 11) is 0. The Morgan fingerprint density at radius 1 is 1.25 bits per heavy atom. The molecule has 0 aromatic heterocycles. The molecule has 1 saturated heterocycles.